The largest absolute Gasteiger partial charge is 0.380 e. The molecule has 36 heavy (non-hydrogen) atoms. The molecular weight excluding hydrogens is 495 g/mol. The molecule has 3 aliphatic heterocycles. The van der Waals surface area contributed by atoms with E-state index in [1.165, 1.54) is 12.4 Å². The summed E-state index contributed by atoms with van der Waals surface area (Å²) in [6.45, 7) is 1.76. The van der Waals surface area contributed by atoms with E-state index in [4.69, 9.17) is 16.3 Å². The zero-order chi connectivity index (χ0) is 24.9. The van der Waals surface area contributed by atoms with Gasteiger partial charge in [-0.2, -0.15) is 0 Å². The number of nitrogens with zero attached hydrogens (tertiary/aromatic N) is 7. The van der Waals surface area contributed by atoms with Crippen LogP contribution in [0.25, 0.3) is 5.69 Å². The van der Waals surface area contributed by atoms with E-state index >= 15 is 0 Å². The van der Waals surface area contributed by atoms with Crippen molar-refractivity contribution in [2.24, 2.45) is 5.92 Å². The average molecular weight is 520 g/mol. The zero-order valence-corrected chi connectivity index (χ0v) is 20.2. The molecule has 1 aromatic carbocycles. The molecule has 2 fully saturated rings. The van der Waals surface area contributed by atoms with Crippen molar-refractivity contribution in [2.45, 2.75) is 37.8 Å². The van der Waals surface area contributed by atoms with Gasteiger partial charge in [-0.3, -0.25) is 9.47 Å². The van der Waals surface area contributed by atoms with E-state index in [2.05, 4.69) is 20.2 Å². The first-order valence-electron chi connectivity index (χ1n) is 12.0. The molecule has 6 rings (SSSR count). The third-order valence-electron chi connectivity index (χ3n) is 7.22. The first-order chi connectivity index (χ1) is 17.4. The van der Waals surface area contributed by atoms with E-state index in [9.17, 15) is 13.2 Å². The summed E-state index contributed by atoms with van der Waals surface area (Å²) in [5.74, 6) is -2.01. The van der Waals surface area contributed by atoms with E-state index in [0.29, 0.717) is 36.4 Å². The lowest BCUT2D eigenvalue weighted by atomic mass is 9.95. The predicted octanol–water partition coefficient (Wildman–Crippen LogP) is 3.83. The Hall–Kier alpha value is -2.76. The minimum absolute atomic E-state index is 0.0885. The van der Waals surface area contributed by atoms with Gasteiger partial charge >= 0.3 is 0 Å². The quantitative estimate of drug-likeness (QED) is 0.507. The molecule has 2 saturated heterocycles. The fourth-order valence-corrected chi connectivity index (χ4v) is 5.38. The first-order valence-corrected chi connectivity index (χ1v) is 12.4. The molecule has 190 valence electrons. The molecule has 8 nitrogen and oxygen atoms in total. The summed E-state index contributed by atoms with van der Waals surface area (Å²) in [5, 5.41) is 9.54. The van der Waals surface area contributed by atoms with Gasteiger partial charge in [0.15, 0.2) is 11.6 Å². The molecule has 3 aromatic rings. The standard InChI is InChI=1S/C24H25ClF3N7O/c25-18-1-2-20-16(7-18)10-33(14-24(27,28)17-12-36-13-17)11-21-31-32-22(35(20)21)15-3-5-34(6-4-15)23-29-8-19(26)9-30-23/h1-2,7-9,15,17H,3-6,10-14H2. The summed E-state index contributed by atoms with van der Waals surface area (Å²) in [6, 6.07) is 5.55. The summed E-state index contributed by atoms with van der Waals surface area (Å²) < 4.78 is 50.0. The van der Waals surface area contributed by atoms with Gasteiger partial charge in [-0.15, -0.1) is 10.2 Å². The van der Waals surface area contributed by atoms with Crippen LogP contribution in [0.15, 0.2) is 30.6 Å². The van der Waals surface area contributed by atoms with E-state index < -0.39 is 17.7 Å². The fourth-order valence-electron chi connectivity index (χ4n) is 5.18. The van der Waals surface area contributed by atoms with Crippen LogP contribution in [0, 0.1) is 11.7 Å². The van der Waals surface area contributed by atoms with Crippen LogP contribution in [-0.2, 0) is 17.8 Å². The summed E-state index contributed by atoms with van der Waals surface area (Å²) >= 11 is 6.30. The third-order valence-corrected chi connectivity index (χ3v) is 7.45. The maximum atomic E-state index is 14.9. The van der Waals surface area contributed by atoms with Gasteiger partial charge in [0, 0.05) is 30.6 Å². The highest BCUT2D eigenvalue weighted by Gasteiger charge is 2.45. The van der Waals surface area contributed by atoms with E-state index in [1.54, 1.807) is 11.0 Å². The van der Waals surface area contributed by atoms with Crippen LogP contribution < -0.4 is 4.90 Å². The van der Waals surface area contributed by atoms with Gasteiger partial charge in [-0.05, 0) is 36.6 Å². The lowest BCUT2D eigenvalue weighted by Crippen LogP contribution is -2.49. The third kappa shape index (κ3) is 4.44. The smallest absolute Gasteiger partial charge is 0.267 e. The Bertz CT molecular complexity index is 1240. The Morgan fingerprint density at radius 3 is 2.50 bits per heavy atom. The molecule has 12 heteroatoms. The van der Waals surface area contributed by atoms with Crippen molar-refractivity contribution < 1.29 is 17.9 Å². The van der Waals surface area contributed by atoms with E-state index in [1.807, 2.05) is 21.6 Å². The van der Waals surface area contributed by atoms with Crippen molar-refractivity contribution in [3.63, 3.8) is 0 Å². The number of alkyl halides is 2. The number of ether oxygens (including phenoxy) is 1. The number of rotatable bonds is 5. The summed E-state index contributed by atoms with van der Waals surface area (Å²) in [5.41, 5.74) is 1.73. The van der Waals surface area contributed by atoms with Crippen molar-refractivity contribution in [1.29, 1.82) is 0 Å². The molecule has 0 bridgehead atoms. The van der Waals surface area contributed by atoms with Gasteiger partial charge in [0.1, 0.15) is 5.82 Å². The van der Waals surface area contributed by atoms with Crippen LogP contribution in [0.3, 0.4) is 0 Å². The molecule has 0 spiro atoms. The SMILES string of the molecule is Fc1cnc(N2CCC(c3nnc4n3-c3ccc(Cl)cc3CN(CC(F)(F)C3COC3)C4)CC2)nc1. The second kappa shape index (κ2) is 9.28. The Morgan fingerprint density at radius 2 is 1.81 bits per heavy atom. The number of aromatic nitrogens is 5. The lowest BCUT2D eigenvalue weighted by molar-refractivity contribution is -0.179. The van der Waals surface area contributed by atoms with Crippen LogP contribution in [0.1, 0.15) is 36.0 Å². The van der Waals surface area contributed by atoms with Gasteiger partial charge in [-0.1, -0.05) is 11.6 Å². The summed E-state index contributed by atoms with van der Waals surface area (Å²) in [7, 11) is 0. The number of halogens is 4. The van der Waals surface area contributed by atoms with Gasteiger partial charge < -0.3 is 9.64 Å². The van der Waals surface area contributed by atoms with Crippen LogP contribution >= 0.6 is 11.6 Å². The highest BCUT2D eigenvalue weighted by atomic mass is 35.5. The maximum absolute atomic E-state index is 14.9. The predicted molar refractivity (Wildman–Crippen MR) is 126 cm³/mol. The number of benzene rings is 1. The lowest BCUT2D eigenvalue weighted by Gasteiger charge is -2.36. The first kappa shape index (κ1) is 23.6. The van der Waals surface area contributed by atoms with Gasteiger partial charge in [0.25, 0.3) is 5.92 Å². The highest BCUT2D eigenvalue weighted by Crippen LogP contribution is 2.36. The molecule has 2 aromatic heterocycles. The Balaban J connectivity index is 1.27. The topological polar surface area (TPSA) is 72.2 Å². The van der Waals surface area contributed by atoms with E-state index in [0.717, 1.165) is 29.9 Å². The molecule has 0 radical (unpaired) electrons. The minimum Gasteiger partial charge on any atom is -0.380 e. The second-order valence-corrected chi connectivity index (χ2v) is 10.1. The summed E-state index contributed by atoms with van der Waals surface area (Å²) in [4.78, 5) is 11.9. The number of anilines is 1. The molecular formula is C24H25ClF3N7O. The molecule has 5 heterocycles. The molecule has 0 aliphatic carbocycles. The number of fused-ring (bicyclic) bond motifs is 3. The van der Waals surface area contributed by atoms with Crippen molar-refractivity contribution in [1.82, 2.24) is 29.6 Å². The molecule has 3 aliphatic rings. The van der Waals surface area contributed by atoms with Crippen LogP contribution in [0.2, 0.25) is 5.02 Å². The van der Waals surface area contributed by atoms with Crippen LogP contribution in [-0.4, -0.2) is 68.4 Å². The second-order valence-electron chi connectivity index (χ2n) is 9.69. The van der Waals surface area contributed by atoms with E-state index in [-0.39, 0.29) is 32.2 Å². The van der Waals surface area contributed by atoms with Crippen molar-refractivity contribution in [2.75, 3.05) is 37.7 Å². The normalized spacial score (nSPS) is 19.5. The van der Waals surface area contributed by atoms with Gasteiger partial charge in [0.05, 0.1) is 50.3 Å². The van der Waals surface area contributed by atoms with Crippen molar-refractivity contribution in [3.05, 3.63) is 58.6 Å². The number of hydrogen-bond donors (Lipinski definition) is 0. The molecule has 0 saturated carbocycles. The zero-order valence-electron chi connectivity index (χ0n) is 19.5. The number of piperidine rings is 1. The monoisotopic (exact) mass is 519 g/mol. The van der Waals surface area contributed by atoms with Gasteiger partial charge in [0.2, 0.25) is 5.95 Å². The fraction of sp³-hybridized carbons (Fsp3) is 0.500. The minimum atomic E-state index is -2.86. The number of hydrogen-bond acceptors (Lipinski definition) is 7. The van der Waals surface area contributed by atoms with Gasteiger partial charge in [-0.25, -0.2) is 23.1 Å². The summed E-state index contributed by atoms with van der Waals surface area (Å²) in [6.07, 6.45) is 3.90. The highest BCUT2D eigenvalue weighted by molar-refractivity contribution is 6.30. The molecule has 0 amide bonds. The molecule has 0 unspecified atom stereocenters. The Morgan fingerprint density at radius 1 is 1.06 bits per heavy atom. The Kier molecular flexibility index (Phi) is 6.09. The molecule has 0 N–H and O–H groups in total. The van der Waals surface area contributed by atoms with Crippen molar-refractivity contribution >= 4 is 17.5 Å². The van der Waals surface area contributed by atoms with Crippen LogP contribution in [0.4, 0.5) is 19.1 Å². The average Bonchev–Trinajstić information content (AvgIpc) is 3.15. The van der Waals surface area contributed by atoms with Crippen molar-refractivity contribution in [3.8, 4) is 5.69 Å². The Labute approximate surface area is 211 Å². The molecule has 0 atom stereocenters. The maximum Gasteiger partial charge on any atom is 0.267 e. The van der Waals surface area contributed by atoms with Crippen LogP contribution in [0.5, 0.6) is 0 Å².